The molecule has 3 nitrogen and oxygen atoms in total. The Morgan fingerprint density at radius 2 is 2.05 bits per heavy atom. The topological polar surface area (TPSA) is 41.1 Å². The lowest BCUT2D eigenvalue weighted by molar-refractivity contribution is -0.127. The Morgan fingerprint density at radius 3 is 2.57 bits per heavy atom. The summed E-state index contributed by atoms with van der Waals surface area (Å²) in [5, 5.41) is 6.51. The zero-order valence-electron chi connectivity index (χ0n) is 13.5. The second-order valence-electron chi connectivity index (χ2n) is 6.54. The monoisotopic (exact) mass is 288 g/mol. The number of carbonyl (C=O) groups is 1. The van der Waals surface area contributed by atoms with Crippen molar-refractivity contribution in [2.24, 2.45) is 5.41 Å². The number of anilines is 1. The third-order valence-electron chi connectivity index (χ3n) is 4.52. The minimum Gasteiger partial charge on any atom is -0.326 e. The van der Waals surface area contributed by atoms with E-state index in [0.717, 1.165) is 44.5 Å². The molecule has 1 aromatic rings. The molecule has 1 fully saturated rings. The Bertz CT molecular complexity index is 453. The Balaban J connectivity index is 2.07. The van der Waals surface area contributed by atoms with Crippen LogP contribution in [0.25, 0.3) is 0 Å². The van der Waals surface area contributed by atoms with Crippen molar-refractivity contribution in [3.63, 3.8) is 0 Å². The molecular weight excluding hydrogens is 260 g/mol. The number of hydrogen-bond acceptors (Lipinski definition) is 2. The molecule has 0 bridgehead atoms. The highest BCUT2D eigenvalue weighted by molar-refractivity contribution is 5.95. The van der Waals surface area contributed by atoms with Gasteiger partial charge in [0.15, 0.2) is 0 Å². The second-order valence-corrected chi connectivity index (χ2v) is 6.54. The molecule has 1 aromatic carbocycles. The zero-order chi connectivity index (χ0) is 15.3. The Hall–Kier alpha value is -1.35. The van der Waals surface area contributed by atoms with Crippen molar-refractivity contribution in [2.75, 3.05) is 18.4 Å². The van der Waals surface area contributed by atoms with Crippen molar-refractivity contribution < 1.29 is 4.79 Å². The van der Waals surface area contributed by atoms with Gasteiger partial charge < -0.3 is 10.6 Å². The van der Waals surface area contributed by atoms with Crippen LogP contribution in [-0.2, 0) is 4.79 Å². The fourth-order valence-electron chi connectivity index (χ4n) is 3.18. The van der Waals surface area contributed by atoms with E-state index >= 15 is 0 Å². The van der Waals surface area contributed by atoms with Gasteiger partial charge in [-0.1, -0.05) is 39.3 Å². The first-order chi connectivity index (χ1) is 10.1. The van der Waals surface area contributed by atoms with E-state index in [2.05, 4.69) is 43.5 Å². The molecule has 1 atom stereocenters. The molecule has 1 unspecified atom stereocenters. The van der Waals surface area contributed by atoms with Crippen LogP contribution >= 0.6 is 0 Å². The van der Waals surface area contributed by atoms with Gasteiger partial charge in [-0.25, -0.2) is 0 Å². The van der Waals surface area contributed by atoms with E-state index in [1.807, 2.05) is 12.1 Å². The fourth-order valence-corrected chi connectivity index (χ4v) is 3.18. The first kappa shape index (κ1) is 16.0. The van der Waals surface area contributed by atoms with Crippen molar-refractivity contribution in [1.29, 1.82) is 0 Å². The lowest BCUT2D eigenvalue weighted by Gasteiger charge is -2.36. The third kappa shape index (κ3) is 3.85. The van der Waals surface area contributed by atoms with Crippen LogP contribution in [0.2, 0.25) is 0 Å². The average molecular weight is 288 g/mol. The maximum atomic E-state index is 12.7. The van der Waals surface area contributed by atoms with Gasteiger partial charge in [-0.15, -0.1) is 0 Å². The smallest absolute Gasteiger partial charge is 0.231 e. The molecule has 0 aliphatic carbocycles. The molecule has 1 saturated heterocycles. The molecule has 0 saturated carbocycles. The molecule has 1 aliphatic heterocycles. The molecule has 0 aromatic heterocycles. The summed E-state index contributed by atoms with van der Waals surface area (Å²) in [5.74, 6) is 0.692. The molecule has 2 rings (SSSR count). The predicted molar refractivity (Wildman–Crippen MR) is 88.6 cm³/mol. The molecule has 1 aliphatic rings. The number of carbonyl (C=O) groups excluding carboxylic acids is 1. The summed E-state index contributed by atoms with van der Waals surface area (Å²) in [5.41, 5.74) is 1.98. The summed E-state index contributed by atoms with van der Waals surface area (Å²) in [6.45, 7) is 8.34. The number of amides is 1. The quantitative estimate of drug-likeness (QED) is 0.862. The number of rotatable bonds is 5. The van der Waals surface area contributed by atoms with E-state index in [0.29, 0.717) is 5.92 Å². The van der Waals surface area contributed by atoms with Crippen LogP contribution in [0.3, 0.4) is 0 Å². The largest absolute Gasteiger partial charge is 0.326 e. The standard InChI is InChI=1S/C18H28N2O/c1-4-10-18(11-5-12-19-13-18)17(21)20-16-8-6-15(7-9-16)14(2)3/h6-9,14,19H,4-5,10-13H2,1-3H3,(H,20,21). The van der Waals surface area contributed by atoms with Crippen molar-refractivity contribution in [3.8, 4) is 0 Å². The average Bonchev–Trinajstić information content (AvgIpc) is 2.49. The van der Waals surface area contributed by atoms with Crippen molar-refractivity contribution in [3.05, 3.63) is 29.8 Å². The molecule has 21 heavy (non-hydrogen) atoms. The van der Waals surface area contributed by atoms with E-state index in [4.69, 9.17) is 0 Å². The first-order valence-electron chi connectivity index (χ1n) is 8.19. The lowest BCUT2D eigenvalue weighted by Crippen LogP contribution is -2.48. The zero-order valence-corrected chi connectivity index (χ0v) is 13.5. The molecule has 116 valence electrons. The number of nitrogens with one attached hydrogen (secondary N) is 2. The van der Waals surface area contributed by atoms with Crippen LogP contribution < -0.4 is 10.6 Å². The molecule has 3 heteroatoms. The molecular formula is C18H28N2O. The summed E-state index contributed by atoms with van der Waals surface area (Å²) in [6.07, 6.45) is 4.07. The van der Waals surface area contributed by atoms with Gasteiger partial charge in [0.05, 0.1) is 5.41 Å². The van der Waals surface area contributed by atoms with Crippen molar-refractivity contribution >= 4 is 11.6 Å². The minimum absolute atomic E-state index is 0.175. The maximum absolute atomic E-state index is 12.7. The normalized spacial score (nSPS) is 22.3. The van der Waals surface area contributed by atoms with Crippen LogP contribution in [0.4, 0.5) is 5.69 Å². The van der Waals surface area contributed by atoms with Crippen LogP contribution in [0, 0.1) is 5.41 Å². The van der Waals surface area contributed by atoms with Gasteiger partial charge in [0.1, 0.15) is 0 Å². The van der Waals surface area contributed by atoms with Gasteiger partial charge in [-0.3, -0.25) is 4.79 Å². The van der Waals surface area contributed by atoms with Gasteiger partial charge in [0.25, 0.3) is 0 Å². The summed E-state index contributed by atoms with van der Waals surface area (Å²) in [4.78, 5) is 12.7. The van der Waals surface area contributed by atoms with E-state index in [9.17, 15) is 4.79 Å². The van der Waals surface area contributed by atoms with Gasteiger partial charge in [0.2, 0.25) is 5.91 Å². The summed E-state index contributed by atoms with van der Waals surface area (Å²) in [7, 11) is 0. The van der Waals surface area contributed by atoms with Crippen LogP contribution in [-0.4, -0.2) is 19.0 Å². The van der Waals surface area contributed by atoms with E-state index in [1.54, 1.807) is 0 Å². The van der Waals surface area contributed by atoms with Crippen molar-refractivity contribution in [1.82, 2.24) is 5.32 Å². The van der Waals surface area contributed by atoms with E-state index in [-0.39, 0.29) is 11.3 Å². The summed E-state index contributed by atoms with van der Waals surface area (Å²) < 4.78 is 0. The Kier molecular flexibility index (Phi) is 5.40. The van der Waals surface area contributed by atoms with Crippen LogP contribution in [0.1, 0.15) is 57.9 Å². The first-order valence-corrected chi connectivity index (χ1v) is 8.19. The second kappa shape index (κ2) is 7.08. The molecule has 0 radical (unpaired) electrons. The van der Waals surface area contributed by atoms with Crippen LogP contribution in [0.5, 0.6) is 0 Å². The van der Waals surface area contributed by atoms with Gasteiger partial charge in [-0.05, 0) is 49.4 Å². The molecule has 1 heterocycles. The predicted octanol–water partition coefficient (Wildman–Crippen LogP) is 3.92. The number of hydrogen-bond donors (Lipinski definition) is 2. The fraction of sp³-hybridized carbons (Fsp3) is 0.611. The highest BCUT2D eigenvalue weighted by atomic mass is 16.2. The molecule has 2 N–H and O–H groups in total. The van der Waals surface area contributed by atoms with Gasteiger partial charge in [0, 0.05) is 12.2 Å². The maximum Gasteiger partial charge on any atom is 0.231 e. The highest BCUT2D eigenvalue weighted by Crippen LogP contribution is 2.33. The van der Waals surface area contributed by atoms with E-state index < -0.39 is 0 Å². The number of benzene rings is 1. The van der Waals surface area contributed by atoms with Crippen molar-refractivity contribution in [2.45, 2.75) is 52.4 Å². The van der Waals surface area contributed by atoms with Crippen LogP contribution in [0.15, 0.2) is 24.3 Å². The lowest BCUT2D eigenvalue weighted by atomic mass is 9.76. The SMILES string of the molecule is CCCC1(C(=O)Nc2ccc(C(C)C)cc2)CCCNC1. The van der Waals surface area contributed by atoms with Gasteiger partial charge in [-0.2, -0.15) is 0 Å². The highest BCUT2D eigenvalue weighted by Gasteiger charge is 2.38. The molecule has 1 amide bonds. The minimum atomic E-state index is -0.232. The Labute approximate surface area is 128 Å². The molecule has 0 spiro atoms. The Morgan fingerprint density at radius 1 is 1.33 bits per heavy atom. The third-order valence-corrected chi connectivity index (χ3v) is 4.52. The summed E-state index contributed by atoms with van der Waals surface area (Å²) >= 11 is 0. The summed E-state index contributed by atoms with van der Waals surface area (Å²) in [6, 6.07) is 8.24. The van der Waals surface area contributed by atoms with E-state index in [1.165, 1.54) is 5.56 Å². The van der Waals surface area contributed by atoms with Gasteiger partial charge >= 0.3 is 0 Å². The number of piperidine rings is 1.